The minimum absolute atomic E-state index is 0.0812. The van der Waals surface area contributed by atoms with Crippen LogP contribution in [0.1, 0.15) is 163 Å². The smallest absolute Gasteiger partial charge is 0.303 e. The molecule has 0 radical (unpaired) electrons. The largest absolute Gasteiger partial charge is 0.481 e. The molecule has 1 rings (SSSR count). The van der Waals surface area contributed by atoms with Gasteiger partial charge in [0.05, 0.1) is 19.2 Å². The van der Waals surface area contributed by atoms with Crippen LogP contribution in [0.15, 0.2) is 0 Å². The van der Waals surface area contributed by atoms with Crippen LogP contribution in [0.2, 0.25) is 0 Å². The van der Waals surface area contributed by atoms with Crippen LogP contribution in [0.3, 0.4) is 0 Å². The number of carbonyl (C=O) groups excluding carboxylic acids is 15. The lowest BCUT2D eigenvalue weighted by atomic mass is 10.0. The summed E-state index contributed by atoms with van der Waals surface area (Å²) in [6, 6.07) is -21.3. The zero-order chi connectivity index (χ0) is 90.3. The first kappa shape index (κ1) is 105. The number of hydrogen-bond donors (Lipinski definition) is 23. The number of carboxylic acids is 8. The molecule has 49 heteroatoms. The molecular formula is C70H110N16O32S. The van der Waals surface area contributed by atoms with Gasteiger partial charge in [0, 0.05) is 76.8 Å². The highest BCUT2D eigenvalue weighted by Crippen LogP contribution is 2.20. The number of carbonyl (C=O) groups is 23. The SMILES string of the molecule is CCNC(=O)[C@H](C)NC(=O)C(CSC)NC(=O)CNC(=O)[C@H](CC(C)C)NC(=O)C1CCCN1C(=O)COCCNC(=O)[C@@H](CCC(=O)O)NC(=O)[C@@H](CCC(=O)O)NC(=O)[C@@H](CCC(=O)O)NC(=O)[C@@H](CC)NC(=O)[C@@H](CCC(=O)O)NC(=O)[C@@H](CCC(=O)O)NC(=O)[C@@H](CCC(=O)O)NC(=O)[C@@H](CCC(=O)O)NC(=O)[C@H](N)CCC(=O)O. The predicted molar refractivity (Wildman–Crippen MR) is 408 cm³/mol. The van der Waals surface area contributed by atoms with Gasteiger partial charge in [-0.15, -0.1) is 0 Å². The molecule has 15 amide bonds. The maximum Gasteiger partial charge on any atom is 0.303 e. The van der Waals surface area contributed by atoms with E-state index >= 15 is 0 Å². The first-order valence-electron chi connectivity index (χ1n) is 37.9. The summed E-state index contributed by atoms with van der Waals surface area (Å²) in [4.78, 5) is 298. The van der Waals surface area contributed by atoms with Crippen LogP contribution < -0.4 is 80.2 Å². The maximum atomic E-state index is 14.1. The molecule has 0 bridgehead atoms. The third-order valence-electron chi connectivity index (χ3n) is 17.5. The summed E-state index contributed by atoms with van der Waals surface area (Å²) in [6.45, 7) is 6.25. The summed E-state index contributed by atoms with van der Waals surface area (Å²) in [5.74, 6) is -28.0. The van der Waals surface area contributed by atoms with E-state index in [1.54, 1.807) is 27.0 Å². The first-order chi connectivity index (χ1) is 55.8. The standard InChI is InChI=1S/C70H110N16O32S/c1-7-37(77-63(110)40(14-22-53(95)96)81-67(114)44(18-26-57(103)104)84-68(115)43(17-25-56(101)102)82-64(111)39(13-21-52(93)94)78-59(106)36(71)11-19-50(89)90)62(109)80-41(15-23-54(97)98)66(113)83-42(16-24-55(99)100)65(112)79-38(12-20-51(91)92)60(107)73-27-29-118-32-49(88)86-28-9-10-47(86)70(117)85-45(30-34(3)4)61(108)74-31-48(87)76-46(33-119-6)69(116)75-35(5)58(105)72-8-2/h34-47H,7-33,71H2,1-6H3,(H,72,105)(H,73,107)(H,74,108)(H,75,116)(H,76,87)(H,77,110)(H,78,106)(H,79,112)(H,80,109)(H,81,114)(H,82,111)(H,83,113)(H,84,115)(H,85,117)(H,89,90)(H,91,92)(H,93,94)(H,95,96)(H,97,98)(H,99,100)(H,101,102)(H,103,104)/t35-,36+,37+,38+,39+,40+,41+,42+,43+,44+,45-,46?,47?/m0/s1. The lowest BCUT2D eigenvalue weighted by Crippen LogP contribution is -2.60. The highest BCUT2D eigenvalue weighted by molar-refractivity contribution is 7.98. The Labute approximate surface area is 685 Å². The average Bonchev–Trinajstić information content (AvgIpc) is 1.75. The number of ether oxygens (including phenoxy) is 1. The summed E-state index contributed by atoms with van der Waals surface area (Å²) in [7, 11) is 0. The molecule has 0 saturated carbocycles. The van der Waals surface area contributed by atoms with E-state index in [1.165, 1.54) is 30.5 Å². The van der Waals surface area contributed by atoms with Crippen LogP contribution in [-0.4, -0.2) is 312 Å². The van der Waals surface area contributed by atoms with Crippen molar-refractivity contribution >= 4 is 148 Å². The van der Waals surface area contributed by atoms with Crippen molar-refractivity contribution in [1.82, 2.24) is 79.3 Å². The average molecular weight is 1720 g/mol. The number of rotatable bonds is 61. The van der Waals surface area contributed by atoms with E-state index < -0.39 is 350 Å². The van der Waals surface area contributed by atoms with E-state index in [0.717, 1.165) is 0 Å². The van der Waals surface area contributed by atoms with Crippen LogP contribution in [0, 0.1) is 5.92 Å². The van der Waals surface area contributed by atoms with E-state index in [4.69, 9.17) is 15.6 Å². The number of likely N-dealkylation sites (tertiary alicyclic amines) is 1. The van der Waals surface area contributed by atoms with Gasteiger partial charge >= 0.3 is 47.8 Å². The Morgan fingerprint density at radius 2 is 0.731 bits per heavy atom. The quantitative estimate of drug-likeness (QED) is 0.0252. The maximum absolute atomic E-state index is 14.1. The zero-order valence-corrected chi connectivity index (χ0v) is 67.3. The number of thioether (sulfide) groups is 1. The summed E-state index contributed by atoms with van der Waals surface area (Å²) in [5.41, 5.74) is 5.74. The molecule has 1 saturated heterocycles. The van der Waals surface area contributed by atoms with Crippen molar-refractivity contribution in [3.05, 3.63) is 0 Å². The predicted octanol–water partition coefficient (Wildman–Crippen LogP) is -7.22. The number of hydrogen-bond acceptors (Lipinski definition) is 26. The number of likely N-dealkylation sites (N-methyl/N-ethyl adjacent to an activating group) is 1. The van der Waals surface area contributed by atoms with Crippen LogP contribution in [-0.2, 0) is 115 Å². The molecular weight excluding hydrogens is 1610 g/mol. The van der Waals surface area contributed by atoms with Gasteiger partial charge in [-0.2, -0.15) is 11.8 Å². The van der Waals surface area contributed by atoms with Gasteiger partial charge in [0.25, 0.3) is 0 Å². The Hall–Kier alpha value is -11.9. The highest BCUT2D eigenvalue weighted by Gasteiger charge is 2.39. The van der Waals surface area contributed by atoms with Crippen molar-refractivity contribution in [1.29, 1.82) is 0 Å². The second-order valence-corrected chi connectivity index (χ2v) is 28.6. The molecule has 48 nitrogen and oxygen atoms in total. The number of nitrogens with zero attached hydrogens (tertiary/aromatic N) is 1. The van der Waals surface area contributed by atoms with Gasteiger partial charge in [-0.05, 0) is 103 Å². The second kappa shape index (κ2) is 55.6. The Balaban J connectivity index is 3.39. The Bertz CT molecular complexity index is 3610. The zero-order valence-electron chi connectivity index (χ0n) is 66.5. The van der Waals surface area contributed by atoms with Crippen molar-refractivity contribution in [3.8, 4) is 0 Å². The second-order valence-electron chi connectivity index (χ2n) is 27.7. The van der Waals surface area contributed by atoms with E-state index in [0.29, 0.717) is 13.0 Å². The van der Waals surface area contributed by atoms with Crippen LogP contribution in [0.25, 0.3) is 0 Å². The van der Waals surface area contributed by atoms with E-state index in [-0.39, 0.29) is 31.1 Å². The van der Waals surface area contributed by atoms with Gasteiger partial charge < -0.3 is 131 Å². The molecule has 0 aliphatic carbocycles. The van der Waals surface area contributed by atoms with Gasteiger partial charge in [-0.25, -0.2) is 0 Å². The Kier molecular flexibility index (Phi) is 49.1. The monoisotopic (exact) mass is 1720 g/mol. The summed E-state index contributed by atoms with van der Waals surface area (Å²) < 4.78 is 5.49. The molecule has 119 heavy (non-hydrogen) atoms. The lowest BCUT2D eigenvalue weighted by Gasteiger charge is -2.28. The van der Waals surface area contributed by atoms with E-state index in [2.05, 4.69) is 74.4 Å². The molecule has 1 aliphatic heterocycles. The molecule has 1 fully saturated rings. The van der Waals surface area contributed by atoms with E-state index in [1.807, 2.05) is 0 Å². The molecule has 0 aromatic heterocycles. The molecule has 13 atom stereocenters. The lowest BCUT2D eigenvalue weighted by molar-refractivity contribution is -0.142. The number of aliphatic carboxylic acids is 8. The van der Waals surface area contributed by atoms with Crippen molar-refractivity contribution in [2.24, 2.45) is 11.7 Å². The number of amides is 15. The third kappa shape index (κ3) is 43.2. The summed E-state index contributed by atoms with van der Waals surface area (Å²) in [5, 5.41) is 108. The van der Waals surface area contributed by atoms with Gasteiger partial charge in [0.2, 0.25) is 88.6 Å². The van der Waals surface area contributed by atoms with Crippen molar-refractivity contribution < 1.29 is 156 Å². The fourth-order valence-corrected chi connectivity index (χ4v) is 11.8. The molecule has 0 aromatic carbocycles. The van der Waals surface area contributed by atoms with Crippen LogP contribution in [0.5, 0.6) is 0 Å². The summed E-state index contributed by atoms with van der Waals surface area (Å²) >= 11 is 1.23. The molecule has 2 unspecified atom stereocenters. The van der Waals surface area contributed by atoms with Crippen molar-refractivity contribution in [3.63, 3.8) is 0 Å². The third-order valence-corrected chi connectivity index (χ3v) is 18.2. The van der Waals surface area contributed by atoms with Gasteiger partial charge in [0.15, 0.2) is 0 Å². The minimum atomic E-state index is -2.06. The fraction of sp³-hybridized carbons (Fsp3) is 0.671. The molecule has 1 heterocycles. The van der Waals surface area contributed by atoms with Crippen molar-refractivity contribution in [2.45, 2.75) is 242 Å². The fourth-order valence-electron chi connectivity index (χ4n) is 11.2. The van der Waals surface area contributed by atoms with Gasteiger partial charge in [-0.3, -0.25) is 110 Å². The molecule has 0 aromatic rings. The minimum Gasteiger partial charge on any atom is -0.481 e. The Morgan fingerprint density at radius 1 is 0.395 bits per heavy atom. The first-order valence-corrected chi connectivity index (χ1v) is 39.3. The molecule has 0 spiro atoms. The van der Waals surface area contributed by atoms with Gasteiger partial charge in [-0.1, -0.05) is 20.8 Å². The van der Waals surface area contributed by atoms with Crippen molar-refractivity contribution in [2.75, 3.05) is 51.4 Å². The van der Waals surface area contributed by atoms with Gasteiger partial charge in [0.1, 0.15) is 79.1 Å². The normalized spacial score (nSPS) is 15.2. The number of nitrogens with two attached hydrogens (primary N) is 1. The Morgan fingerprint density at radius 3 is 1.08 bits per heavy atom. The number of carboxylic acid groups (broad SMARTS) is 8. The van der Waals surface area contributed by atoms with Crippen LogP contribution >= 0.6 is 11.8 Å². The molecule has 24 N–H and O–H groups in total. The topological polar surface area (TPSA) is 761 Å². The highest BCUT2D eigenvalue weighted by atomic mass is 32.2. The molecule has 1 aliphatic rings. The van der Waals surface area contributed by atoms with Crippen LogP contribution in [0.4, 0.5) is 0 Å². The van der Waals surface area contributed by atoms with E-state index in [9.17, 15) is 146 Å². The summed E-state index contributed by atoms with van der Waals surface area (Å²) in [6.07, 6.45) is -10.8. The number of nitrogens with one attached hydrogen (secondary N) is 14. The molecule has 668 valence electrons.